The van der Waals surface area contributed by atoms with Gasteiger partial charge in [0.15, 0.2) is 11.4 Å². The van der Waals surface area contributed by atoms with Gasteiger partial charge in [-0.15, -0.1) is 0 Å². The molecule has 0 fully saturated rings. The van der Waals surface area contributed by atoms with E-state index in [1.807, 2.05) is 33.8 Å². The maximum Gasteiger partial charge on any atom is 0.417 e. The number of hydrogen-bond donors (Lipinski definition) is 2. The summed E-state index contributed by atoms with van der Waals surface area (Å²) in [6.45, 7) is 13.3. The van der Waals surface area contributed by atoms with Crippen LogP contribution in [0.1, 0.15) is 52.8 Å². The van der Waals surface area contributed by atoms with Gasteiger partial charge in [0, 0.05) is 20.7 Å². The molecule has 1 aromatic carbocycles. The molecule has 0 aliphatic heterocycles. The van der Waals surface area contributed by atoms with Crippen LogP contribution in [0.25, 0.3) is 21.9 Å². The number of benzene rings is 1. The van der Waals surface area contributed by atoms with Crippen molar-refractivity contribution >= 4 is 55.7 Å². The zero-order valence-electron chi connectivity index (χ0n) is 19.5. The maximum absolute atomic E-state index is 12.4. The van der Waals surface area contributed by atoms with E-state index in [0.29, 0.717) is 20.9 Å². The van der Waals surface area contributed by atoms with Crippen LogP contribution in [0.4, 0.5) is 15.3 Å². The number of rotatable bonds is 2. The number of anilines is 1. The second-order valence-corrected chi connectivity index (χ2v) is 10.5. The van der Waals surface area contributed by atoms with E-state index in [1.165, 1.54) is 7.11 Å². The topological polar surface area (TPSA) is 103 Å². The van der Waals surface area contributed by atoms with Gasteiger partial charge >= 0.3 is 12.2 Å². The molecule has 0 atom stereocenters. The van der Waals surface area contributed by atoms with Gasteiger partial charge < -0.3 is 14.6 Å². The van der Waals surface area contributed by atoms with Crippen molar-refractivity contribution in [2.45, 2.75) is 59.5 Å². The third-order valence-corrected chi connectivity index (χ3v) is 5.47. The lowest BCUT2D eigenvalue weighted by molar-refractivity contribution is 0.0635. The van der Waals surface area contributed by atoms with E-state index < -0.39 is 17.8 Å². The molecule has 0 aliphatic rings. The van der Waals surface area contributed by atoms with Crippen molar-refractivity contribution in [3.63, 3.8) is 0 Å². The van der Waals surface area contributed by atoms with E-state index in [0.717, 1.165) is 15.8 Å². The smallest absolute Gasteiger partial charge is 0.417 e. The predicted octanol–water partition coefficient (Wildman–Crippen LogP) is 6.44. The van der Waals surface area contributed by atoms with Gasteiger partial charge in [-0.2, -0.15) is 0 Å². The van der Waals surface area contributed by atoms with Crippen LogP contribution in [0, 0.1) is 6.92 Å². The molecule has 32 heavy (non-hydrogen) atoms. The van der Waals surface area contributed by atoms with Crippen molar-refractivity contribution in [2.24, 2.45) is 0 Å². The summed E-state index contributed by atoms with van der Waals surface area (Å²) in [5, 5.41) is 14.1. The number of amides is 1. The van der Waals surface area contributed by atoms with E-state index >= 15 is 0 Å². The first-order valence-corrected chi connectivity index (χ1v) is 10.9. The minimum Gasteiger partial charge on any atom is -0.492 e. The number of halogens is 1. The van der Waals surface area contributed by atoms with E-state index in [9.17, 15) is 14.7 Å². The molecule has 3 rings (SSSR count). The molecule has 0 aliphatic carbocycles. The first-order chi connectivity index (χ1) is 14.7. The largest absolute Gasteiger partial charge is 0.492 e. The molecule has 172 valence electrons. The maximum atomic E-state index is 12.4. The van der Waals surface area contributed by atoms with E-state index in [-0.39, 0.29) is 22.4 Å². The van der Waals surface area contributed by atoms with Crippen molar-refractivity contribution in [3.05, 3.63) is 27.9 Å². The lowest BCUT2D eigenvalue weighted by Gasteiger charge is -2.20. The highest BCUT2D eigenvalue weighted by Crippen LogP contribution is 2.44. The summed E-state index contributed by atoms with van der Waals surface area (Å²) in [5.41, 5.74) is 1.65. The number of nitrogens with zero attached hydrogens (tertiary/aromatic N) is 2. The van der Waals surface area contributed by atoms with Crippen molar-refractivity contribution < 1.29 is 24.2 Å². The number of carbonyl (C=O) groups excluding carboxylic acids is 1. The Morgan fingerprint density at radius 1 is 1.16 bits per heavy atom. The van der Waals surface area contributed by atoms with Gasteiger partial charge in [-0.05, 0) is 61.3 Å². The van der Waals surface area contributed by atoms with Gasteiger partial charge in [0.2, 0.25) is 0 Å². The van der Waals surface area contributed by atoms with Crippen LogP contribution in [0.2, 0.25) is 0 Å². The van der Waals surface area contributed by atoms with Gasteiger partial charge in [-0.3, -0.25) is 5.32 Å². The number of methoxy groups -OCH3 is 1. The summed E-state index contributed by atoms with van der Waals surface area (Å²) in [7, 11) is 1.42. The Hall–Kier alpha value is -2.81. The van der Waals surface area contributed by atoms with E-state index in [2.05, 4.69) is 21.2 Å². The Bertz CT molecular complexity index is 1250. The quantitative estimate of drug-likeness (QED) is 0.415. The Labute approximate surface area is 195 Å². The minimum atomic E-state index is -1.21. The van der Waals surface area contributed by atoms with Crippen LogP contribution in [-0.2, 0) is 10.2 Å². The Balaban J connectivity index is 2.40. The van der Waals surface area contributed by atoms with Crippen LogP contribution in [0.3, 0.4) is 0 Å². The summed E-state index contributed by atoms with van der Waals surface area (Å²) in [4.78, 5) is 29.5. The molecule has 2 heterocycles. The SMILES string of the molecule is COc1c(NC(=O)OC(C)(C)C)cc(Br)c2c3cc(C)c(C(C)(C)C)nc3n(C(=O)O)c12. The lowest BCUT2D eigenvalue weighted by atomic mass is 9.88. The predicted molar refractivity (Wildman–Crippen MR) is 128 cm³/mol. The second-order valence-electron chi connectivity index (χ2n) is 9.68. The minimum absolute atomic E-state index is 0.199. The molecule has 0 bridgehead atoms. The molecule has 3 aromatic rings. The fourth-order valence-corrected chi connectivity index (χ4v) is 4.44. The Morgan fingerprint density at radius 2 is 1.78 bits per heavy atom. The summed E-state index contributed by atoms with van der Waals surface area (Å²) in [6.07, 6.45) is -1.88. The number of carboxylic acid groups (broad SMARTS) is 1. The van der Waals surface area contributed by atoms with Gasteiger partial charge in [-0.1, -0.05) is 20.8 Å². The van der Waals surface area contributed by atoms with Crippen LogP contribution >= 0.6 is 15.9 Å². The molecule has 9 heteroatoms. The van der Waals surface area contributed by atoms with Gasteiger partial charge in [0.05, 0.1) is 18.5 Å². The van der Waals surface area contributed by atoms with Gasteiger partial charge in [0.1, 0.15) is 11.1 Å². The summed E-state index contributed by atoms with van der Waals surface area (Å²) >= 11 is 3.55. The molecular formula is C23H28BrN3O5. The van der Waals surface area contributed by atoms with Gasteiger partial charge in [0.25, 0.3) is 0 Å². The molecule has 0 unspecified atom stereocenters. The zero-order chi connectivity index (χ0) is 24.2. The monoisotopic (exact) mass is 505 g/mol. The Morgan fingerprint density at radius 3 is 2.28 bits per heavy atom. The molecule has 2 N–H and O–H groups in total. The lowest BCUT2D eigenvalue weighted by Crippen LogP contribution is -2.27. The summed E-state index contributed by atoms with van der Waals surface area (Å²) in [5.74, 6) is 0.199. The first kappa shape index (κ1) is 23.8. The molecule has 0 radical (unpaired) electrons. The zero-order valence-corrected chi connectivity index (χ0v) is 21.1. The van der Waals surface area contributed by atoms with Crippen LogP contribution in [0.15, 0.2) is 16.6 Å². The first-order valence-electron chi connectivity index (χ1n) is 10.1. The number of nitrogens with one attached hydrogen (secondary N) is 1. The van der Waals surface area contributed by atoms with Crippen molar-refractivity contribution in [1.29, 1.82) is 0 Å². The van der Waals surface area contributed by atoms with E-state index in [4.69, 9.17) is 14.5 Å². The van der Waals surface area contributed by atoms with Crippen LogP contribution in [0.5, 0.6) is 5.75 Å². The molecule has 0 spiro atoms. The van der Waals surface area contributed by atoms with Crippen LogP contribution < -0.4 is 10.1 Å². The number of fused-ring (bicyclic) bond motifs is 3. The number of aromatic nitrogens is 2. The highest BCUT2D eigenvalue weighted by Gasteiger charge is 2.28. The number of hydrogen-bond acceptors (Lipinski definition) is 5. The summed E-state index contributed by atoms with van der Waals surface area (Å²) in [6, 6.07) is 3.61. The molecule has 0 saturated carbocycles. The average molecular weight is 506 g/mol. The van der Waals surface area contributed by atoms with Crippen molar-refractivity contribution in [1.82, 2.24) is 9.55 Å². The number of carbonyl (C=O) groups is 2. The van der Waals surface area contributed by atoms with Crippen molar-refractivity contribution in [2.75, 3.05) is 12.4 Å². The standard InChI is InChI=1S/C23H28BrN3O5/c1-11-9-12-15-13(24)10-14(25-20(28)32-23(5,6)7)17(31-8)16(15)27(21(29)30)19(12)26-18(11)22(2,3)4/h9-10H,1-8H3,(H,25,28)(H,29,30). The number of aryl methyl sites for hydroxylation is 1. The van der Waals surface area contributed by atoms with Crippen molar-refractivity contribution in [3.8, 4) is 5.75 Å². The molecular weight excluding hydrogens is 478 g/mol. The third-order valence-electron chi connectivity index (χ3n) is 4.85. The average Bonchev–Trinajstić information content (AvgIpc) is 2.93. The molecule has 2 aromatic heterocycles. The highest BCUT2D eigenvalue weighted by molar-refractivity contribution is 9.10. The molecule has 8 nitrogen and oxygen atoms in total. The van der Waals surface area contributed by atoms with E-state index in [1.54, 1.807) is 26.8 Å². The Kier molecular flexibility index (Phi) is 5.93. The fourth-order valence-electron chi connectivity index (χ4n) is 3.81. The normalized spacial score (nSPS) is 12.3. The highest BCUT2D eigenvalue weighted by atomic mass is 79.9. The number of ether oxygens (including phenoxy) is 2. The molecule has 0 saturated heterocycles. The third kappa shape index (κ3) is 4.26. The molecule has 1 amide bonds. The summed E-state index contributed by atoms with van der Waals surface area (Å²) < 4.78 is 12.6. The van der Waals surface area contributed by atoms with Crippen LogP contribution in [-0.4, -0.2) is 39.6 Å². The number of pyridine rings is 1. The van der Waals surface area contributed by atoms with Gasteiger partial charge in [-0.25, -0.2) is 19.1 Å². The second kappa shape index (κ2) is 7.95. The fraction of sp³-hybridized carbons (Fsp3) is 0.435.